The van der Waals surface area contributed by atoms with Crippen LogP contribution in [0, 0.1) is 0 Å². The van der Waals surface area contributed by atoms with Gasteiger partial charge in [-0.3, -0.25) is 4.79 Å². The van der Waals surface area contributed by atoms with Crippen LogP contribution in [0.3, 0.4) is 0 Å². The molecule has 0 radical (unpaired) electrons. The van der Waals surface area contributed by atoms with Gasteiger partial charge in [-0.05, 0) is 37.3 Å². The van der Waals surface area contributed by atoms with E-state index in [0.29, 0.717) is 10.8 Å². The highest BCUT2D eigenvalue weighted by atomic mass is 35.5. The van der Waals surface area contributed by atoms with Crippen molar-refractivity contribution >= 4 is 17.5 Å². The fourth-order valence-corrected chi connectivity index (χ4v) is 2.58. The van der Waals surface area contributed by atoms with E-state index in [0.717, 1.165) is 11.3 Å². The summed E-state index contributed by atoms with van der Waals surface area (Å²) in [4.78, 5) is 22.3. The topological polar surface area (TPSA) is 59.2 Å². The molecule has 0 aliphatic rings. The van der Waals surface area contributed by atoms with Crippen molar-refractivity contribution in [2.24, 2.45) is 0 Å². The Balaban J connectivity index is 1.82. The van der Waals surface area contributed by atoms with Crippen molar-refractivity contribution in [2.45, 2.75) is 13.0 Å². The monoisotopic (exact) mass is 341 g/mol. The molecule has 0 saturated heterocycles. The number of furan rings is 1. The van der Waals surface area contributed by atoms with E-state index in [-0.39, 0.29) is 17.7 Å². The fraction of sp³-hybridized carbons (Fsp3) is 0.167. The molecular weight excluding hydrogens is 326 g/mol. The number of nitrogens with zero attached hydrogens (tertiary/aromatic N) is 3. The number of carbonyl (C=O) groups excluding carboxylic acids is 1. The SMILES string of the molecule is C[C@H](c1ccncn1)N(C)C(=O)c1ccc(-c2ccccc2Cl)o1. The number of benzene rings is 1. The lowest BCUT2D eigenvalue weighted by molar-refractivity contribution is 0.0708. The Labute approximate surface area is 144 Å². The number of hydrogen-bond donors (Lipinski definition) is 0. The number of halogens is 1. The van der Waals surface area contributed by atoms with E-state index in [9.17, 15) is 4.79 Å². The van der Waals surface area contributed by atoms with Gasteiger partial charge in [-0.2, -0.15) is 0 Å². The van der Waals surface area contributed by atoms with Crippen LogP contribution in [-0.2, 0) is 0 Å². The molecule has 0 fully saturated rings. The van der Waals surface area contributed by atoms with Crippen molar-refractivity contribution in [3.63, 3.8) is 0 Å². The summed E-state index contributed by atoms with van der Waals surface area (Å²) in [5.41, 5.74) is 1.52. The number of hydrogen-bond acceptors (Lipinski definition) is 4. The maximum Gasteiger partial charge on any atom is 0.289 e. The summed E-state index contributed by atoms with van der Waals surface area (Å²) in [5.74, 6) is 0.597. The minimum atomic E-state index is -0.223. The van der Waals surface area contributed by atoms with Gasteiger partial charge in [-0.15, -0.1) is 0 Å². The quantitative estimate of drug-likeness (QED) is 0.712. The molecule has 5 nitrogen and oxygen atoms in total. The number of carbonyl (C=O) groups is 1. The van der Waals surface area contributed by atoms with E-state index in [2.05, 4.69) is 9.97 Å². The van der Waals surface area contributed by atoms with Gasteiger partial charge in [0, 0.05) is 18.8 Å². The second-order valence-electron chi connectivity index (χ2n) is 5.37. The van der Waals surface area contributed by atoms with Crippen molar-refractivity contribution in [3.05, 3.63) is 71.5 Å². The summed E-state index contributed by atoms with van der Waals surface area (Å²) in [6.07, 6.45) is 3.12. The number of amides is 1. The predicted octanol–water partition coefficient (Wildman–Crippen LogP) is 4.22. The third-order valence-electron chi connectivity index (χ3n) is 3.89. The minimum absolute atomic E-state index is 0.200. The van der Waals surface area contributed by atoms with E-state index in [1.807, 2.05) is 25.1 Å². The molecule has 2 aromatic heterocycles. The zero-order valence-electron chi connectivity index (χ0n) is 13.3. The van der Waals surface area contributed by atoms with Gasteiger partial charge in [0.15, 0.2) is 5.76 Å². The molecule has 6 heteroatoms. The molecule has 0 aliphatic carbocycles. The first-order chi connectivity index (χ1) is 11.6. The third-order valence-corrected chi connectivity index (χ3v) is 4.22. The molecule has 122 valence electrons. The van der Waals surface area contributed by atoms with E-state index in [4.69, 9.17) is 16.0 Å². The Morgan fingerprint density at radius 2 is 2.00 bits per heavy atom. The van der Waals surface area contributed by atoms with Crippen molar-refractivity contribution in [3.8, 4) is 11.3 Å². The first-order valence-electron chi connectivity index (χ1n) is 7.45. The van der Waals surface area contributed by atoms with Crippen molar-refractivity contribution in [2.75, 3.05) is 7.05 Å². The molecule has 0 aliphatic heterocycles. The molecule has 1 atom stereocenters. The molecule has 0 saturated carbocycles. The van der Waals surface area contributed by atoms with Gasteiger partial charge in [0.2, 0.25) is 0 Å². The summed E-state index contributed by atoms with van der Waals surface area (Å²) in [6.45, 7) is 1.90. The van der Waals surface area contributed by atoms with Crippen LogP contribution in [0.15, 0.2) is 59.4 Å². The van der Waals surface area contributed by atoms with Crippen molar-refractivity contribution in [1.82, 2.24) is 14.9 Å². The molecule has 0 N–H and O–H groups in total. The first kappa shape index (κ1) is 16.2. The molecule has 24 heavy (non-hydrogen) atoms. The van der Waals surface area contributed by atoms with Crippen LogP contribution >= 0.6 is 11.6 Å². The van der Waals surface area contributed by atoms with E-state index in [1.165, 1.54) is 6.33 Å². The molecule has 0 unspecified atom stereocenters. The average Bonchev–Trinajstić information content (AvgIpc) is 3.11. The van der Waals surface area contributed by atoms with Crippen molar-refractivity contribution < 1.29 is 9.21 Å². The maximum atomic E-state index is 12.6. The van der Waals surface area contributed by atoms with Crippen LogP contribution in [0.1, 0.15) is 29.2 Å². The lowest BCUT2D eigenvalue weighted by Gasteiger charge is -2.23. The van der Waals surface area contributed by atoms with Crippen LogP contribution in [0.5, 0.6) is 0 Å². The van der Waals surface area contributed by atoms with Crippen LogP contribution < -0.4 is 0 Å². The van der Waals surface area contributed by atoms with Crippen LogP contribution in [0.4, 0.5) is 0 Å². The Kier molecular flexibility index (Phi) is 4.62. The largest absolute Gasteiger partial charge is 0.451 e. The number of rotatable bonds is 4. The van der Waals surface area contributed by atoms with Gasteiger partial charge in [0.1, 0.15) is 12.1 Å². The maximum absolute atomic E-state index is 12.6. The lowest BCUT2D eigenvalue weighted by Crippen LogP contribution is -2.29. The Bertz CT molecular complexity index is 848. The fourth-order valence-electron chi connectivity index (χ4n) is 2.35. The summed E-state index contributed by atoms with van der Waals surface area (Å²) in [5, 5.41) is 0.577. The van der Waals surface area contributed by atoms with Gasteiger partial charge < -0.3 is 9.32 Å². The van der Waals surface area contributed by atoms with Gasteiger partial charge in [0.25, 0.3) is 5.91 Å². The zero-order chi connectivity index (χ0) is 17.1. The predicted molar refractivity (Wildman–Crippen MR) is 91.7 cm³/mol. The zero-order valence-corrected chi connectivity index (χ0v) is 14.1. The molecule has 1 aromatic carbocycles. The van der Waals surface area contributed by atoms with Gasteiger partial charge >= 0.3 is 0 Å². The van der Waals surface area contributed by atoms with Crippen LogP contribution in [-0.4, -0.2) is 27.8 Å². The summed E-state index contributed by atoms with van der Waals surface area (Å²) >= 11 is 6.17. The lowest BCUT2D eigenvalue weighted by atomic mass is 10.2. The second-order valence-corrected chi connectivity index (χ2v) is 5.78. The second kappa shape index (κ2) is 6.84. The highest BCUT2D eigenvalue weighted by Gasteiger charge is 2.23. The Hall–Kier alpha value is -2.66. The summed E-state index contributed by atoms with van der Waals surface area (Å²) < 4.78 is 5.71. The van der Waals surface area contributed by atoms with Crippen LogP contribution in [0.25, 0.3) is 11.3 Å². The van der Waals surface area contributed by atoms with Gasteiger partial charge in [-0.25, -0.2) is 9.97 Å². The summed E-state index contributed by atoms with van der Waals surface area (Å²) in [6, 6.07) is 12.3. The van der Waals surface area contributed by atoms with E-state index in [1.54, 1.807) is 42.4 Å². The van der Waals surface area contributed by atoms with E-state index >= 15 is 0 Å². The molecule has 3 rings (SSSR count). The molecule has 3 aromatic rings. The van der Waals surface area contributed by atoms with E-state index < -0.39 is 0 Å². The Morgan fingerprint density at radius 1 is 1.21 bits per heavy atom. The first-order valence-corrected chi connectivity index (χ1v) is 7.83. The highest BCUT2D eigenvalue weighted by molar-refractivity contribution is 6.33. The standard InChI is InChI=1S/C18H16ClN3O2/c1-12(15-9-10-20-11-21-15)22(2)18(23)17-8-7-16(24-17)13-5-3-4-6-14(13)19/h3-12H,1-2H3/t12-/m1/s1. The van der Waals surface area contributed by atoms with Crippen molar-refractivity contribution in [1.29, 1.82) is 0 Å². The molecule has 1 amide bonds. The Morgan fingerprint density at radius 3 is 2.71 bits per heavy atom. The molecular formula is C18H16ClN3O2. The normalized spacial score (nSPS) is 12.0. The highest BCUT2D eigenvalue weighted by Crippen LogP contribution is 2.30. The molecule has 2 heterocycles. The van der Waals surface area contributed by atoms with Gasteiger partial charge in [-0.1, -0.05) is 23.7 Å². The molecule has 0 bridgehead atoms. The summed E-state index contributed by atoms with van der Waals surface area (Å²) in [7, 11) is 1.72. The minimum Gasteiger partial charge on any atom is -0.451 e. The molecule has 0 spiro atoms. The van der Waals surface area contributed by atoms with Crippen LogP contribution in [0.2, 0.25) is 5.02 Å². The van der Waals surface area contributed by atoms with Gasteiger partial charge in [0.05, 0.1) is 16.8 Å². The number of aromatic nitrogens is 2. The average molecular weight is 342 g/mol. The third kappa shape index (κ3) is 3.16. The smallest absolute Gasteiger partial charge is 0.289 e.